The summed E-state index contributed by atoms with van der Waals surface area (Å²) in [6, 6.07) is 0. The van der Waals surface area contributed by atoms with E-state index < -0.39 is 0 Å². The summed E-state index contributed by atoms with van der Waals surface area (Å²) < 4.78 is 0. The van der Waals surface area contributed by atoms with Crippen LogP contribution in [-0.4, -0.2) is 0 Å². The van der Waals surface area contributed by atoms with Gasteiger partial charge in [-0.3, -0.25) is 0 Å². The fourth-order valence-corrected chi connectivity index (χ4v) is 1.79. The summed E-state index contributed by atoms with van der Waals surface area (Å²) in [7, 11) is 0. The molecule has 0 aliphatic heterocycles. The predicted octanol–water partition coefficient (Wildman–Crippen LogP) is 5.45. The van der Waals surface area contributed by atoms with E-state index in [1.165, 1.54) is 17.6 Å². The van der Waals surface area contributed by atoms with Crippen molar-refractivity contribution in [2.45, 2.75) is 47.5 Å². The molecule has 0 spiro atoms. The van der Waals surface area contributed by atoms with Gasteiger partial charge in [0.15, 0.2) is 0 Å². The molecule has 0 nitrogen and oxygen atoms in total. The van der Waals surface area contributed by atoms with E-state index in [0.717, 1.165) is 6.42 Å². The Morgan fingerprint density at radius 3 is 2.25 bits per heavy atom. The molecule has 0 aromatic rings. The van der Waals surface area contributed by atoms with E-state index in [0.29, 0.717) is 5.92 Å². The molecule has 0 aromatic carbocycles. The highest BCUT2D eigenvalue weighted by Crippen LogP contribution is 2.23. The molecular weight excluding hydrogens is 192 g/mol. The Kier molecular flexibility index (Phi) is 8.61. The highest BCUT2D eigenvalue weighted by atomic mass is 14.1. The van der Waals surface area contributed by atoms with Crippen LogP contribution in [0, 0.1) is 5.92 Å². The van der Waals surface area contributed by atoms with Crippen LogP contribution in [0.15, 0.2) is 47.6 Å². The first-order chi connectivity index (χ1) is 7.69. The summed E-state index contributed by atoms with van der Waals surface area (Å²) in [5.74, 6) is 0.665. The number of rotatable bonds is 6. The maximum Gasteiger partial charge on any atom is -0.0165 e. The van der Waals surface area contributed by atoms with Gasteiger partial charge in [0.25, 0.3) is 0 Å². The molecule has 0 amide bonds. The zero-order valence-corrected chi connectivity index (χ0v) is 11.5. The fraction of sp³-hybridized carbons (Fsp3) is 0.500. The van der Waals surface area contributed by atoms with Crippen LogP contribution in [0.2, 0.25) is 0 Å². The molecule has 0 fully saturated rings. The molecular formula is C16H26. The molecule has 0 aliphatic carbocycles. The minimum atomic E-state index is 0.665. The van der Waals surface area contributed by atoms with Crippen LogP contribution < -0.4 is 0 Å². The van der Waals surface area contributed by atoms with Gasteiger partial charge in [-0.1, -0.05) is 54.5 Å². The minimum absolute atomic E-state index is 0.665. The van der Waals surface area contributed by atoms with Crippen LogP contribution >= 0.6 is 0 Å². The Morgan fingerprint density at radius 2 is 1.81 bits per heavy atom. The summed E-state index contributed by atoms with van der Waals surface area (Å²) in [6.07, 6.45) is 15.3. The normalized spacial score (nSPS) is 16.3. The van der Waals surface area contributed by atoms with Crippen molar-refractivity contribution in [3.05, 3.63) is 47.6 Å². The average Bonchev–Trinajstić information content (AvgIpc) is 2.31. The van der Waals surface area contributed by atoms with Crippen molar-refractivity contribution in [1.82, 2.24) is 0 Å². The van der Waals surface area contributed by atoms with Gasteiger partial charge in [-0.05, 0) is 46.5 Å². The van der Waals surface area contributed by atoms with Crippen LogP contribution in [0.3, 0.4) is 0 Å². The van der Waals surface area contributed by atoms with E-state index in [-0.39, 0.29) is 0 Å². The molecule has 16 heavy (non-hydrogen) atoms. The van der Waals surface area contributed by atoms with Crippen molar-refractivity contribution in [3.63, 3.8) is 0 Å². The average molecular weight is 218 g/mol. The molecule has 0 saturated carbocycles. The third kappa shape index (κ3) is 5.75. The van der Waals surface area contributed by atoms with Gasteiger partial charge < -0.3 is 0 Å². The third-order valence-electron chi connectivity index (χ3n) is 2.92. The van der Waals surface area contributed by atoms with E-state index in [1.54, 1.807) is 0 Å². The Balaban J connectivity index is 4.62. The number of hydrogen-bond donors (Lipinski definition) is 0. The predicted molar refractivity (Wildman–Crippen MR) is 75.5 cm³/mol. The lowest BCUT2D eigenvalue weighted by Gasteiger charge is -2.16. The van der Waals surface area contributed by atoms with E-state index in [2.05, 4.69) is 71.1 Å². The largest absolute Gasteiger partial charge is 0.0877 e. The molecule has 0 aromatic heterocycles. The second-order valence-corrected chi connectivity index (χ2v) is 4.11. The maximum atomic E-state index is 2.26. The molecule has 0 radical (unpaired) electrons. The van der Waals surface area contributed by atoms with Crippen LogP contribution in [0.5, 0.6) is 0 Å². The van der Waals surface area contributed by atoms with E-state index >= 15 is 0 Å². The molecule has 0 N–H and O–H groups in total. The SMILES string of the molecule is CC=CC=C(C)C(CC)CC(C=CC)=CC. The summed E-state index contributed by atoms with van der Waals surface area (Å²) >= 11 is 0. The highest BCUT2D eigenvalue weighted by Gasteiger charge is 2.08. The lowest BCUT2D eigenvalue weighted by Crippen LogP contribution is -2.01. The van der Waals surface area contributed by atoms with Crippen molar-refractivity contribution in [3.8, 4) is 0 Å². The number of allylic oxidation sites excluding steroid dienone is 8. The lowest BCUT2D eigenvalue weighted by atomic mass is 9.89. The Hall–Kier alpha value is -1.04. The second kappa shape index (κ2) is 9.21. The lowest BCUT2D eigenvalue weighted by molar-refractivity contribution is 0.590. The molecule has 0 aliphatic rings. The van der Waals surface area contributed by atoms with Crippen molar-refractivity contribution in [1.29, 1.82) is 0 Å². The second-order valence-electron chi connectivity index (χ2n) is 4.11. The standard InChI is InChI=1S/C16H26/c1-6-10-12-14(5)16(9-4)13-15(8-3)11-7-2/h6-8,10-12,16H,9,13H2,1-5H3. The molecule has 0 bridgehead atoms. The topological polar surface area (TPSA) is 0 Å². The first kappa shape index (κ1) is 15.0. The van der Waals surface area contributed by atoms with E-state index in [4.69, 9.17) is 0 Å². The molecule has 1 atom stereocenters. The Morgan fingerprint density at radius 1 is 1.12 bits per heavy atom. The van der Waals surface area contributed by atoms with Crippen molar-refractivity contribution in [2.24, 2.45) is 5.92 Å². The van der Waals surface area contributed by atoms with Crippen molar-refractivity contribution >= 4 is 0 Å². The van der Waals surface area contributed by atoms with E-state index in [1.807, 2.05) is 0 Å². The van der Waals surface area contributed by atoms with Gasteiger partial charge in [-0.25, -0.2) is 0 Å². The summed E-state index contributed by atoms with van der Waals surface area (Å²) in [5, 5.41) is 0. The van der Waals surface area contributed by atoms with Crippen LogP contribution in [0.25, 0.3) is 0 Å². The summed E-state index contributed by atoms with van der Waals surface area (Å²) in [6.45, 7) is 10.7. The molecule has 0 saturated heterocycles. The molecule has 0 heteroatoms. The van der Waals surface area contributed by atoms with Crippen LogP contribution in [-0.2, 0) is 0 Å². The monoisotopic (exact) mass is 218 g/mol. The molecule has 0 heterocycles. The number of hydrogen-bond acceptors (Lipinski definition) is 0. The molecule has 1 unspecified atom stereocenters. The van der Waals surface area contributed by atoms with Gasteiger partial charge in [0.1, 0.15) is 0 Å². The van der Waals surface area contributed by atoms with Crippen molar-refractivity contribution in [2.75, 3.05) is 0 Å². The zero-order chi connectivity index (χ0) is 12.4. The van der Waals surface area contributed by atoms with Gasteiger partial charge in [0.05, 0.1) is 0 Å². The zero-order valence-electron chi connectivity index (χ0n) is 11.5. The molecule has 90 valence electrons. The molecule has 0 rings (SSSR count). The smallest absolute Gasteiger partial charge is 0.0165 e. The van der Waals surface area contributed by atoms with Gasteiger partial charge in [0.2, 0.25) is 0 Å². The van der Waals surface area contributed by atoms with E-state index in [9.17, 15) is 0 Å². The van der Waals surface area contributed by atoms with Gasteiger partial charge in [-0.15, -0.1) is 0 Å². The van der Waals surface area contributed by atoms with Gasteiger partial charge in [0, 0.05) is 0 Å². The summed E-state index contributed by atoms with van der Waals surface area (Å²) in [4.78, 5) is 0. The third-order valence-corrected chi connectivity index (χ3v) is 2.92. The van der Waals surface area contributed by atoms with Crippen LogP contribution in [0.1, 0.15) is 47.5 Å². The quantitative estimate of drug-likeness (QED) is 0.520. The fourth-order valence-electron chi connectivity index (χ4n) is 1.79. The van der Waals surface area contributed by atoms with Crippen LogP contribution in [0.4, 0.5) is 0 Å². The van der Waals surface area contributed by atoms with Crippen molar-refractivity contribution < 1.29 is 0 Å². The Labute approximate surface area is 101 Å². The maximum absolute atomic E-state index is 2.26. The summed E-state index contributed by atoms with van der Waals surface area (Å²) in [5.41, 5.74) is 2.91. The Bertz CT molecular complexity index is 287. The van der Waals surface area contributed by atoms with Gasteiger partial charge >= 0.3 is 0 Å². The first-order valence-electron chi connectivity index (χ1n) is 6.26. The van der Waals surface area contributed by atoms with Gasteiger partial charge in [-0.2, -0.15) is 0 Å². The highest BCUT2D eigenvalue weighted by molar-refractivity contribution is 5.22. The minimum Gasteiger partial charge on any atom is -0.0877 e. The first-order valence-corrected chi connectivity index (χ1v) is 6.26.